The molecule has 1 aliphatic rings. The van der Waals surface area contributed by atoms with E-state index in [9.17, 15) is 9.59 Å². The van der Waals surface area contributed by atoms with Crippen LogP contribution in [0.15, 0.2) is 53.3 Å². The molecule has 2 aromatic carbocycles. The molecule has 0 saturated heterocycles. The van der Waals surface area contributed by atoms with Crippen LogP contribution in [-0.4, -0.2) is 22.0 Å². The van der Waals surface area contributed by atoms with Crippen LogP contribution in [0, 0.1) is 6.92 Å². The number of rotatable bonds is 4. The van der Waals surface area contributed by atoms with E-state index < -0.39 is 0 Å². The van der Waals surface area contributed by atoms with Crippen LogP contribution in [0.2, 0.25) is 5.02 Å². The molecule has 0 aliphatic heterocycles. The van der Waals surface area contributed by atoms with Gasteiger partial charge in [0, 0.05) is 27.8 Å². The number of aryl methyl sites for hydroxylation is 1. The number of benzene rings is 2. The Kier molecular flexibility index (Phi) is 6.09. The fraction of sp³-hybridized carbons (Fsp3) is 0.333. The lowest BCUT2D eigenvalue weighted by atomic mass is 9.94. The van der Waals surface area contributed by atoms with Crippen molar-refractivity contribution in [1.29, 1.82) is 0 Å². The Hall–Kier alpha value is -2.79. The third-order valence-electron chi connectivity index (χ3n) is 5.77. The highest BCUT2D eigenvalue weighted by atomic mass is 35.5. The number of carbonyl (C=O) groups is 1. The Morgan fingerprint density at radius 3 is 2.70 bits per heavy atom. The number of hydrogen-bond donors (Lipinski definition) is 2. The van der Waals surface area contributed by atoms with Crippen molar-refractivity contribution in [1.82, 2.24) is 9.88 Å². The molecular weight excluding hydrogens is 398 g/mol. The average molecular weight is 424 g/mol. The minimum Gasteiger partial charge on any atom is -0.322 e. The zero-order chi connectivity index (χ0) is 21.1. The minimum absolute atomic E-state index is 0.117. The van der Waals surface area contributed by atoms with Crippen molar-refractivity contribution >= 4 is 34.2 Å². The van der Waals surface area contributed by atoms with Crippen LogP contribution in [0.4, 0.5) is 10.5 Å². The second-order valence-electron chi connectivity index (χ2n) is 8.07. The molecule has 0 bridgehead atoms. The maximum absolute atomic E-state index is 13.2. The summed E-state index contributed by atoms with van der Waals surface area (Å²) in [6.45, 7) is 2.27. The molecule has 0 unspecified atom stereocenters. The van der Waals surface area contributed by atoms with Crippen LogP contribution in [0.5, 0.6) is 0 Å². The summed E-state index contributed by atoms with van der Waals surface area (Å²) < 4.78 is 0. The van der Waals surface area contributed by atoms with E-state index in [2.05, 4.69) is 10.3 Å². The third kappa shape index (κ3) is 4.68. The maximum atomic E-state index is 13.2. The predicted molar refractivity (Wildman–Crippen MR) is 122 cm³/mol. The Balaban J connectivity index is 1.63. The van der Waals surface area contributed by atoms with Gasteiger partial charge in [-0.1, -0.05) is 49.1 Å². The summed E-state index contributed by atoms with van der Waals surface area (Å²) in [4.78, 5) is 30.7. The molecule has 0 radical (unpaired) electrons. The molecule has 6 heteroatoms. The first-order valence-electron chi connectivity index (χ1n) is 10.5. The number of nitrogens with one attached hydrogen (secondary N) is 2. The van der Waals surface area contributed by atoms with Gasteiger partial charge in [-0.05, 0) is 61.0 Å². The molecule has 2 amide bonds. The minimum atomic E-state index is -0.201. The van der Waals surface area contributed by atoms with E-state index in [1.165, 1.54) is 6.42 Å². The molecule has 0 spiro atoms. The molecule has 1 fully saturated rings. The first kappa shape index (κ1) is 20.5. The van der Waals surface area contributed by atoms with Crippen molar-refractivity contribution in [3.8, 4) is 0 Å². The fourth-order valence-corrected chi connectivity index (χ4v) is 4.37. The molecule has 2 N–H and O–H groups in total. The normalized spacial score (nSPS) is 14.6. The first-order chi connectivity index (χ1) is 14.5. The van der Waals surface area contributed by atoms with Crippen LogP contribution in [0.1, 0.15) is 43.2 Å². The zero-order valence-corrected chi connectivity index (χ0v) is 17.8. The first-order valence-corrected chi connectivity index (χ1v) is 10.8. The Morgan fingerprint density at radius 2 is 1.93 bits per heavy atom. The van der Waals surface area contributed by atoms with Gasteiger partial charge in [0.05, 0.1) is 6.54 Å². The van der Waals surface area contributed by atoms with Gasteiger partial charge in [0.2, 0.25) is 0 Å². The highest BCUT2D eigenvalue weighted by Gasteiger charge is 2.26. The van der Waals surface area contributed by atoms with Gasteiger partial charge in [0.25, 0.3) is 5.56 Å². The van der Waals surface area contributed by atoms with Crippen molar-refractivity contribution in [2.24, 2.45) is 0 Å². The number of aromatic nitrogens is 1. The summed E-state index contributed by atoms with van der Waals surface area (Å²) in [5.41, 5.74) is 3.01. The summed E-state index contributed by atoms with van der Waals surface area (Å²) in [5, 5.41) is 4.49. The second kappa shape index (κ2) is 8.92. The largest absolute Gasteiger partial charge is 0.322 e. The SMILES string of the molecule is Cc1ccc2cc(CN(C(=O)Nc3cccc(Cl)c3)C3CCCCC3)c(=O)[nH]c2c1. The molecule has 30 heavy (non-hydrogen) atoms. The topological polar surface area (TPSA) is 65.2 Å². The van der Waals surface area contributed by atoms with E-state index in [0.29, 0.717) is 16.3 Å². The number of fused-ring (bicyclic) bond motifs is 1. The van der Waals surface area contributed by atoms with Gasteiger partial charge in [-0.2, -0.15) is 0 Å². The monoisotopic (exact) mass is 423 g/mol. The van der Waals surface area contributed by atoms with Gasteiger partial charge >= 0.3 is 6.03 Å². The molecule has 1 aromatic heterocycles. The van der Waals surface area contributed by atoms with E-state index in [-0.39, 0.29) is 24.2 Å². The molecule has 4 rings (SSSR count). The number of pyridine rings is 1. The van der Waals surface area contributed by atoms with Crippen LogP contribution in [-0.2, 0) is 6.54 Å². The van der Waals surface area contributed by atoms with Crippen molar-refractivity contribution in [2.75, 3.05) is 5.32 Å². The molecule has 1 heterocycles. The zero-order valence-electron chi connectivity index (χ0n) is 17.1. The van der Waals surface area contributed by atoms with Crippen LogP contribution in [0.3, 0.4) is 0 Å². The maximum Gasteiger partial charge on any atom is 0.322 e. The lowest BCUT2D eigenvalue weighted by Crippen LogP contribution is -2.44. The highest BCUT2D eigenvalue weighted by molar-refractivity contribution is 6.30. The van der Waals surface area contributed by atoms with Gasteiger partial charge < -0.3 is 15.2 Å². The van der Waals surface area contributed by atoms with E-state index >= 15 is 0 Å². The summed E-state index contributed by atoms with van der Waals surface area (Å²) in [6, 6.07) is 14.9. The molecule has 1 aliphatic carbocycles. The Labute approximate surface area is 181 Å². The molecule has 1 saturated carbocycles. The second-order valence-corrected chi connectivity index (χ2v) is 8.51. The van der Waals surface area contributed by atoms with Gasteiger partial charge in [-0.3, -0.25) is 4.79 Å². The molecule has 0 atom stereocenters. The van der Waals surface area contributed by atoms with Crippen molar-refractivity contribution in [2.45, 2.75) is 51.6 Å². The third-order valence-corrected chi connectivity index (χ3v) is 6.01. The van der Waals surface area contributed by atoms with E-state index in [1.807, 2.05) is 42.2 Å². The highest BCUT2D eigenvalue weighted by Crippen LogP contribution is 2.25. The van der Waals surface area contributed by atoms with Crippen LogP contribution in [0.25, 0.3) is 10.9 Å². The number of H-pyrrole nitrogens is 1. The van der Waals surface area contributed by atoms with Crippen molar-refractivity contribution in [3.05, 3.63) is 75.0 Å². The number of hydrogen-bond acceptors (Lipinski definition) is 2. The summed E-state index contributed by atoms with van der Waals surface area (Å²) in [6.07, 6.45) is 5.29. The number of nitrogens with zero attached hydrogens (tertiary/aromatic N) is 1. The lowest BCUT2D eigenvalue weighted by molar-refractivity contribution is 0.162. The Bertz CT molecular complexity index is 1120. The number of carbonyl (C=O) groups excluding carboxylic acids is 1. The summed E-state index contributed by atoms with van der Waals surface area (Å²) in [5.74, 6) is 0. The van der Waals surface area contributed by atoms with Gasteiger partial charge in [-0.15, -0.1) is 0 Å². The fourth-order valence-electron chi connectivity index (χ4n) is 4.18. The van der Waals surface area contributed by atoms with E-state index in [0.717, 1.165) is 42.1 Å². The molecule has 5 nitrogen and oxygen atoms in total. The van der Waals surface area contributed by atoms with Crippen LogP contribution >= 0.6 is 11.6 Å². The van der Waals surface area contributed by atoms with Crippen LogP contribution < -0.4 is 10.9 Å². The smallest absolute Gasteiger partial charge is 0.322 e. The average Bonchev–Trinajstić information content (AvgIpc) is 2.73. The van der Waals surface area contributed by atoms with Gasteiger partial charge in [0.15, 0.2) is 0 Å². The number of halogens is 1. The molecule has 156 valence electrons. The molecule has 3 aromatic rings. The quantitative estimate of drug-likeness (QED) is 0.552. The van der Waals surface area contributed by atoms with E-state index in [1.54, 1.807) is 18.2 Å². The summed E-state index contributed by atoms with van der Waals surface area (Å²) in [7, 11) is 0. The molecular formula is C24H26ClN3O2. The predicted octanol–water partition coefficient (Wildman–Crippen LogP) is 5.86. The Morgan fingerprint density at radius 1 is 1.13 bits per heavy atom. The van der Waals surface area contributed by atoms with Gasteiger partial charge in [-0.25, -0.2) is 4.79 Å². The number of amides is 2. The number of anilines is 1. The summed E-state index contributed by atoms with van der Waals surface area (Å²) >= 11 is 6.06. The standard InChI is InChI=1S/C24H26ClN3O2/c1-16-10-11-17-13-18(23(29)27-22(17)12-16)15-28(21-8-3-2-4-9-21)24(30)26-20-7-5-6-19(25)14-20/h5-7,10-14,21H,2-4,8-9,15H2,1H3,(H,26,30)(H,27,29). The van der Waals surface area contributed by atoms with Crippen molar-refractivity contribution in [3.63, 3.8) is 0 Å². The lowest BCUT2D eigenvalue weighted by Gasteiger charge is -2.34. The van der Waals surface area contributed by atoms with Gasteiger partial charge in [0.1, 0.15) is 0 Å². The van der Waals surface area contributed by atoms with Crippen molar-refractivity contribution < 1.29 is 4.79 Å². The van der Waals surface area contributed by atoms with E-state index in [4.69, 9.17) is 11.6 Å². The number of aromatic amines is 1. The number of urea groups is 1.